The van der Waals surface area contributed by atoms with Gasteiger partial charge < -0.3 is 14.7 Å². The smallest absolute Gasteiger partial charge is 0.306 e. The average molecular weight is 407 g/mol. The van der Waals surface area contributed by atoms with Gasteiger partial charge in [0.2, 0.25) is 5.91 Å². The van der Waals surface area contributed by atoms with Crippen molar-refractivity contribution in [2.45, 2.75) is 19.4 Å². The Hall–Kier alpha value is -2.31. The Kier molecular flexibility index (Phi) is 7.66. The molecular formula is C21H27ClN2O4. The summed E-state index contributed by atoms with van der Waals surface area (Å²) in [7, 11) is 3.46. The van der Waals surface area contributed by atoms with Crippen molar-refractivity contribution < 1.29 is 19.4 Å². The number of benzene rings is 2. The van der Waals surface area contributed by atoms with Crippen LogP contribution in [0.15, 0.2) is 36.4 Å². The summed E-state index contributed by atoms with van der Waals surface area (Å²) in [6.45, 7) is 2.21. The predicted octanol–water partition coefficient (Wildman–Crippen LogP) is 3.03. The van der Waals surface area contributed by atoms with Crippen molar-refractivity contribution in [1.82, 2.24) is 9.80 Å². The molecule has 28 heavy (non-hydrogen) atoms. The lowest BCUT2D eigenvalue weighted by molar-refractivity contribution is -0.143. The van der Waals surface area contributed by atoms with Crippen LogP contribution < -0.4 is 4.74 Å². The van der Waals surface area contributed by atoms with Crippen LogP contribution in [-0.2, 0) is 16.1 Å². The maximum Gasteiger partial charge on any atom is 0.306 e. The van der Waals surface area contributed by atoms with Crippen LogP contribution in [-0.4, -0.2) is 60.6 Å². The summed E-state index contributed by atoms with van der Waals surface area (Å²) in [6.07, 6.45) is 1.22. The van der Waals surface area contributed by atoms with Gasteiger partial charge in [-0.05, 0) is 60.5 Å². The van der Waals surface area contributed by atoms with Crippen molar-refractivity contribution in [3.05, 3.63) is 42.0 Å². The molecule has 6 nitrogen and oxygen atoms in total. The Bertz CT molecular complexity index is 834. The first kappa shape index (κ1) is 22.0. The molecule has 152 valence electrons. The van der Waals surface area contributed by atoms with Gasteiger partial charge in [0, 0.05) is 13.6 Å². The minimum absolute atomic E-state index is 0. The topological polar surface area (TPSA) is 70.1 Å². The summed E-state index contributed by atoms with van der Waals surface area (Å²) >= 11 is 0. The van der Waals surface area contributed by atoms with E-state index in [1.54, 1.807) is 12.0 Å². The van der Waals surface area contributed by atoms with Gasteiger partial charge >= 0.3 is 5.97 Å². The van der Waals surface area contributed by atoms with Gasteiger partial charge in [0.15, 0.2) is 0 Å². The van der Waals surface area contributed by atoms with Crippen molar-refractivity contribution in [3.8, 4) is 5.75 Å². The van der Waals surface area contributed by atoms with Crippen molar-refractivity contribution in [3.63, 3.8) is 0 Å². The Labute approximate surface area is 171 Å². The number of amides is 1. The van der Waals surface area contributed by atoms with E-state index in [0.29, 0.717) is 39.0 Å². The maximum absolute atomic E-state index is 12.5. The molecule has 1 fully saturated rings. The number of rotatable bonds is 6. The van der Waals surface area contributed by atoms with Crippen LogP contribution in [0, 0.1) is 5.92 Å². The number of aliphatic carboxylic acids is 1. The third-order valence-corrected chi connectivity index (χ3v) is 5.25. The number of carboxylic acid groups (broad SMARTS) is 1. The fourth-order valence-corrected chi connectivity index (χ4v) is 3.51. The summed E-state index contributed by atoms with van der Waals surface area (Å²) in [5.41, 5.74) is 1.08. The molecule has 0 aliphatic carbocycles. The van der Waals surface area contributed by atoms with E-state index < -0.39 is 5.97 Å². The van der Waals surface area contributed by atoms with Gasteiger partial charge in [0.25, 0.3) is 0 Å². The quantitative estimate of drug-likeness (QED) is 0.798. The summed E-state index contributed by atoms with van der Waals surface area (Å²) < 4.78 is 5.25. The molecule has 1 heterocycles. The van der Waals surface area contributed by atoms with Gasteiger partial charge in [0.1, 0.15) is 5.75 Å². The zero-order chi connectivity index (χ0) is 19.4. The molecule has 0 unspecified atom stereocenters. The molecule has 3 rings (SSSR count). The standard InChI is InChI=1S/C21H26N2O4.ClH/c1-22(20(24)14-23-9-7-16(8-10-23)21(25)26)13-15-3-4-18-12-19(27-2)6-5-17(18)11-15;/h3-6,11-12,16H,7-10,13-14H2,1-2H3,(H,25,26);1H. The number of nitrogens with zero attached hydrogens (tertiary/aromatic N) is 2. The van der Waals surface area contributed by atoms with Crippen molar-refractivity contribution in [2.75, 3.05) is 33.8 Å². The Morgan fingerprint density at radius 1 is 1.14 bits per heavy atom. The van der Waals surface area contributed by atoms with E-state index in [-0.39, 0.29) is 24.2 Å². The number of carboxylic acids is 1. The van der Waals surface area contributed by atoms with E-state index in [2.05, 4.69) is 6.07 Å². The number of hydrogen-bond donors (Lipinski definition) is 1. The molecule has 0 spiro atoms. The van der Waals surface area contributed by atoms with E-state index >= 15 is 0 Å². The minimum atomic E-state index is -0.730. The van der Waals surface area contributed by atoms with E-state index in [9.17, 15) is 9.59 Å². The zero-order valence-electron chi connectivity index (χ0n) is 16.3. The first-order valence-corrected chi connectivity index (χ1v) is 9.22. The number of likely N-dealkylation sites (tertiary alicyclic amines) is 1. The molecule has 1 saturated heterocycles. The summed E-state index contributed by atoms with van der Waals surface area (Å²) in [4.78, 5) is 27.3. The van der Waals surface area contributed by atoms with Gasteiger partial charge in [-0.3, -0.25) is 14.5 Å². The average Bonchev–Trinajstić information content (AvgIpc) is 2.67. The van der Waals surface area contributed by atoms with Crippen molar-refractivity contribution in [1.29, 1.82) is 0 Å². The summed E-state index contributed by atoms with van der Waals surface area (Å²) in [5.74, 6) is -0.120. The number of halogens is 1. The number of methoxy groups -OCH3 is 1. The fraction of sp³-hybridized carbons (Fsp3) is 0.429. The molecule has 0 aromatic heterocycles. The number of likely N-dealkylation sites (N-methyl/N-ethyl adjacent to an activating group) is 1. The van der Waals surface area contributed by atoms with Crippen LogP contribution in [0.25, 0.3) is 10.8 Å². The van der Waals surface area contributed by atoms with Gasteiger partial charge in [-0.2, -0.15) is 0 Å². The highest BCUT2D eigenvalue weighted by Gasteiger charge is 2.26. The lowest BCUT2D eigenvalue weighted by Gasteiger charge is -2.30. The second kappa shape index (κ2) is 9.75. The Morgan fingerprint density at radius 3 is 2.43 bits per heavy atom. The monoisotopic (exact) mass is 406 g/mol. The number of carbonyl (C=O) groups excluding carboxylic acids is 1. The number of piperidine rings is 1. The van der Waals surface area contributed by atoms with Crippen LogP contribution in [0.3, 0.4) is 0 Å². The number of ether oxygens (including phenoxy) is 1. The number of hydrogen-bond acceptors (Lipinski definition) is 4. The number of carbonyl (C=O) groups is 2. The second-order valence-electron chi connectivity index (χ2n) is 7.19. The molecule has 0 atom stereocenters. The molecule has 0 radical (unpaired) electrons. The fourth-order valence-electron chi connectivity index (χ4n) is 3.51. The van der Waals surface area contributed by atoms with E-state index in [1.165, 1.54) is 0 Å². The molecule has 7 heteroatoms. The molecule has 2 aromatic carbocycles. The van der Waals surface area contributed by atoms with E-state index in [1.807, 2.05) is 42.3 Å². The largest absolute Gasteiger partial charge is 0.497 e. The van der Waals surface area contributed by atoms with Crippen molar-refractivity contribution in [2.24, 2.45) is 5.92 Å². The maximum atomic E-state index is 12.5. The first-order valence-electron chi connectivity index (χ1n) is 9.22. The zero-order valence-corrected chi connectivity index (χ0v) is 17.1. The summed E-state index contributed by atoms with van der Waals surface area (Å²) in [6, 6.07) is 12.1. The van der Waals surface area contributed by atoms with Gasteiger partial charge in [-0.15, -0.1) is 12.4 Å². The SMILES string of the molecule is COc1ccc2cc(CN(C)C(=O)CN3CCC(C(=O)O)CC3)ccc2c1.Cl. The van der Waals surface area contributed by atoms with Crippen LogP contribution in [0.1, 0.15) is 18.4 Å². The van der Waals surface area contributed by atoms with E-state index in [0.717, 1.165) is 22.1 Å². The third kappa shape index (κ3) is 5.36. The highest BCUT2D eigenvalue weighted by Crippen LogP contribution is 2.22. The van der Waals surface area contributed by atoms with E-state index in [4.69, 9.17) is 9.84 Å². The third-order valence-electron chi connectivity index (χ3n) is 5.25. The molecule has 1 aliphatic heterocycles. The lowest BCUT2D eigenvalue weighted by Crippen LogP contribution is -2.43. The minimum Gasteiger partial charge on any atom is -0.497 e. The Morgan fingerprint density at radius 2 is 1.79 bits per heavy atom. The van der Waals surface area contributed by atoms with Gasteiger partial charge in [-0.25, -0.2) is 0 Å². The van der Waals surface area contributed by atoms with Crippen LogP contribution in [0.2, 0.25) is 0 Å². The second-order valence-corrected chi connectivity index (χ2v) is 7.19. The molecule has 0 saturated carbocycles. The van der Waals surface area contributed by atoms with Gasteiger partial charge in [0.05, 0.1) is 19.6 Å². The first-order chi connectivity index (χ1) is 13.0. The molecule has 1 N–H and O–H groups in total. The normalized spacial score (nSPS) is 15.1. The summed E-state index contributed by atoms with van der Waals surface area (Å²) in [5, 5.41) is 11.3. The molecule has 1 aliphatic rings. The van der Waals surface area contributed by atoms with Crippen LogP contribution in [0.4, 0.5) is 0 Å². The highest BCUT2D eigenvalue weighted by atomic mass is 35.5. The highest BCUT2D eigenvalue weighted by molar-refractivity contribution is 5.85. The lowest BCUT2D eigenvalue weighted by atomic mass is 9.97. The molecule has 1 amide bonds. The van der Waals surface area contributed by atoms with Crippen molar-refractivity contribution >= 4 is 35.1 Å². The number of fused-ring (bicyclic) bond motifs is 1. The molecule has 2 aromatic rings. The molecular weight excluding hydrogens is 380 g/mol. The predicted molar refractivity (Wildman–Crippen MR) is 111 cm³/mol. The van der Waals surface area contributed by atoms with Crippen LogP contribution >= 0.6 is 12.4 Å². The Balaban J connectivity index is 0.00000280. The van der Waals surface area contributed by atoms with Gasteiger partial charge in [-0.1, -0.05) is 18.2 Å². The molecule has 0 bridgehead atoms. The van der Waals surface area contributed by atoms with Crippen LogP contribution in [0.5, 0.6) is 5.75 Å².